The zero-order valence-electron chi connectivity index (χ0n) is 12.6. The minimum atomic E-state index is -3.47. The number of benzene rings is 2. The second kappa shape index (κ2) is 6.10. The van der Waals surface area contributed by atoms with Gasteiger partial charge in [0.25, 0.3) is 0 Å². The predicted molar refractivity (Wildman–Crippen MR) is 88.3 cm³/mol. The molecule has 2 aromatic carbocycles. The summed E-state index contributed by atoms with van der Waals surface area (Å²) in [6, 6.07) is 15.1. The third-order valence-corrected chi connectivity index (χ3v) is 5.90. The summed E-state index contributed by atoms with van der Waals surface area (Å²) < 4.78 is 27.3. The third kappa shape index (κ3) is 2.87. The van der Waals surface area contributed by atoms with Crippen LogP contribution in [0.5, 0.6) is 0 Å². The molecular formula is C17H20N2O2S. The third-order valence-electron chi connectivity index (χ3n) is 3.98. The Hall–Kier alpha value is -1.85. The van der Waals surface area contributed by atoms with E-state index < -0.39 is 10.0 Å². The Morgan fingerprint density at radius 2 is 1.91 bits per heavy atom. The molecule has 3 rings (SSSR count). The zero-order valence-corrected chi connectivity index (χ0v) is 13.4. The number of anilines is 1. The van der Waals surface area contributed by atoms with Gasteiger partial charge in [-0.15, -0.1) is 0 Å². The molecule has 0 unspecified atom stereocenters. The monoisotopic (exact) mass is 316 g/mol. The first-order valence-electron chi connectivity index (χ1n) is 7.52. The molecular weight excluding hydrogens is 296 g/mol. The molecule has 0 bridgehead atoms. The summed E-state index contributed by atoms with van der Waals surface area (Å²) in [6.07, 6.45) is 0.878. The topological polar surface area (TPSA) is 49.4 Å². The molecule has 0 aromatic heterocycles. The van der Waals surface area contributed by atoms with Crippen molar-refractivity contribution in [3.63, 3.8) is 0 Å². The van der Waals surface area contributed by atoms with Crippen LogP contribution in [0.1, 0.15) is 18.1 Å². The lowest BCUT2D eigenvalue weighted by Crippen LogP contribution is -2.30. The van der Waals surface area contributed by atoms with Gasteiger partial charge in [0, 0.05) is 25.3 Å². The fourth-order valence-corrected chi connectivity index (χ4v) is 4.23. The molecule has 0 aliphatic carbocycles. The summed E-state index contributed by atoms with van der Waals surface area (Å²) in [6.45, 7) is 3.59. The van der Waals surface area contributed by atoms with Crippen molar-refractivity contribution < 1.29 is 8.42 Å². The Labute approximate surface area is 131 Å². The molecule has 0 saturated heterocycles. The van der Waals surface area contributed by atoms with E-state index in [1.54, 1.807) is 12.1 Å². The lowest BCUT2D eigenvalue weighted by atomic mass is 10.2. The van der Waals surface area contributed by atoms with Gasteiger partial charge in [0.1, 0.15) is 0 Å². The van der Waals surface area contributed by atoms with Gasteiger partial charge in [0.2, 0.25) is 10.0 Å². The van der Waals surface area contributed by atoms with Crippen molar-refractivity contribution in [3.05, 3.63) is 59.7 Å². The first kappa shape index (κ1) is 15.1. The van der Waals surface area contributed by atoms with Gasteiger partial charge < -0.3 is 5.32 Å². The Morgan fingerprint density at radius 3 is 2.64 bits per heavy atom. The minimum Gasteiger partial charge on any atom is -0.384 e. The Balaban J connectivity index is 1.90. The van der Waals surface area contributed by atoms with Crippen molar-refractivity contribution in [3.8, 4) is 0 Å². The molecule has 0 atom stereocenters. The smallest absolute Gasteiger partial charge is 0.243 e. The molecule has 2 aromatic rings. The summed E-state index contributed by atoms with van der Waals surface area (Å²) in [5, 5.41) is 3.25. The van der Waals surface area contributed by atoms with E-state index in [-0.39, 0.29) is 0 Å². The average molecular weight is 316 g/mol. The largest absolute Gasteiger partial charge is 0.384 e. The lowest BCUT2D eigenvalue weighted by molar-refractivity contribution is 0.423. The van der Waals surface area contributed by atoms with Crippen LogP contribution in [-0.4, -0.2) is 25.8 Å². The molecule has 5 heteroatoms. The van der Waals surface area contributed by atoms with Crippen molar-refractivity contribution in [1.82, 2.24) is 4.31 Å². The first-order chi connectivity index (χ1) is 10.6. The van der Waals surface area contributed by atoms with Crippen LogP contribution in [0.2, 0.25) is 0 Å². The van der Waals surface area contributed by atoms with Crippen molar-refractivity contribution in [1.29, 1.82) is 0 Å². The molecule has 0 saturated carbocycles. The highest BCUT2D eigenvalue weighted by Gasteiger charge is 2.24. The number of rotatable bonds is 5. The van der Waals surface area contributed by atoms with E-state index in [1.807, 2.05) is 43.3 Å². The van der Waals surface area contributed by atoms with E-state index in [0.29, 0.717) is 18.0 Å². The molecule has 1 heterocycles. The van der Waals surface area contributed by atoms with Crippen LogP contribution in [0.15, 0.2) is 53.4 Å². The standard InChI is InChI=1S/C17H20N2O2S/c1-2-19(13-14-6-4-3-5-7-14)22(20,21)16-8-9-17-15(12-16)10-11-18-17/h3-9,12,18H,2,10-11,13H2,1H3. The SMILES string of the molecule is CCN(Cc1ccccc1)S(=O)(=O)c1ccc2c(c1)CCN2. The van der Waals surface area contributed by atoms with Crippen molar-refractivity contribution in [2.45, 2.75) is 24.8 Å². The number of sulfonamides is 1. The second-order valence-corrected chi connectivity index (χ2v) is 7.35. The summed E-state index contributed by atoms with van der Waals surface area (Å²) in [5.74, 6) is 0. The van der Waals surface area contributed by atoms with Gasteiger partial charge in [-0.25, -0.2) is 8.42 Å². The molecule has 22 heavy (non-hydrogen) atoms. The summed E-state index contributed by atoms with van der Waals surface area (Å²) in [5.41, 5.74) is 3.12. The normalized spacial score (nSPS) is 13.9. The number of hydrogen-bond acceptors (Lipinski definition) is 3. The fraction of sp³-hybridized carbons (Fsp3) is 0.294. The molecule has 0 spiro atoms. The molecule has 1 aliphatic rings. The molecule has 116 valence electrons. The molecule has 1 N–H and O–H groups in total. The van der Waals surface area contributed by atoms with E-state index in [9.17, 15) is 8.42 Å². The van der Waals surface area contributed by atoms with Crippen LogP contribution >= 0.6 is 0 Å². The summed E-state index contributed by atoms with van der Waals surface area (Å²) >= 11 is 0. The maximum atomic E-state index is 12.9. The Morgan fingerprint density at radius 1 is 1.14 bits per heavy atom. The quantitative estimate of drug-likeness (QED) is 0.923. The molecule has 4 nitrogen and oxygen atoms in total. The van der Waals surface area contributed by atoms with E-state index in [2.05, 4.69) is 5.32 Å². The maximum absolute atomic E-state index is 12.9. The highest BCUT2D eigenvalue weighted by molar-refractivity contribution is 7.89. The number of nitrogens with one attached hydrogen (secondary N) is 1. The highest BCUT2D eigenvalue weighted by Crippen LogP contribution is 2.27. The van der Waals surface area contributed by atoms with Gasteiger partial charge in [-0.2, -0.15) is 4.31 Å². The molecule has 0 amide bonds. The van der Waals surface area contributed by atoms with E-state index >= 15 is 0 Å². The average Bonchev–Trinajstić information content (AvgIpc) is 3.01. The second-order valence-electron chi connectivity index (χ2n) is 5.41. The number of nitrogens with zero attached hydrogens (tertiary/aromatic N) is 1. The van der Waals surface area contributed by atoms with Gasteiger partial charge in [-0.1, -0.05) is 37.3 Å². The van der Waals surface area contributed by atoms with E-state index in [0.717, 1.165) is 29.8 Å². The predicted octanol–water partition coefficient (Wildman–Crippen LogP) is 2.87. The van der Waals surface area contributed by atoms with Crippen LogP contribution in [0.4, 0.5) is 5.69 Å². The first-order valence-corrected chi connectivity index (χ1v) is 8.96. The van der Waals surface area contributed by atoms with Crippen LogP contribution in [0, 0.1) is 0 Å². The number of fused-ring (bicyclic) bond motifs is 1. The summed E-state index contributed by atoms with van der Waals surface area (Å²) in [7, 11) is -3.47. The van der Waals surface area contributed by atoms with Gasteiger partial charge >= 0.3 is 0 Å². The van der Waals surface area contributed by atoms with E-state index in [4.69, 9.17) is 0 Å². The minimum absolute atomic E-state index is 0.382. The number of hydrogen-bond donors (Lipinski definition) is 1. The molecule has 0 fully saturated rings. The van der Waals surface area contributed by atoms with Crippen molar-refractivity contribution >= 4 is 15.7 Å². The van der Waals surface area contributed by atoms with E-state index in [1.165, 1.54) is 4.31 Å². The van der Waals surface area contributed by atoms with Crippen molar-refractivity contribution in [2.75, 3.05) is 18.4 Å². The lowest BCUT2D eigenvalue weighted by Gasteiger charge is -2.21. The van der Waals surface area contributed by atoms with Gasteiger partial charge in [0.05, 0.1) is 4.90 Å². The van der Waals surface area contributed by atoms with Crippen LogP contribution in [0.3, 0.4) is 0 Å². The molecule has 0 radical (unpaired) electrons. The van der Waals surface area contributed by atoms with Crippen molar-refractivity contribution in [2.24, 2.45) is 0 Å². The highest BCUT2D eigenvalue weighted by atomic mass is 32.2. The van der Waals surface area contributed by atoms with Gasteiger partial charge in [0.15, 0.2) is 0 Å². The van der Waals surface area contributed by atoms with Crippen LogP contribution in [0.25, 0.3) is 0 Å². The van der Waals surface area contributed by atoms with Crippen LogP contribution in [-0.2, 0) is 23.0 Å². The van der Waals surface area contributed by atoms with Gasteiger partial charge in [-0.3, -0.25) is 0 Å². The Bertz CT molecular complexity index is 757. The van der Waals surface area contributed by atoms with Gasteiger partial charge in [-0.05, 0) is 35.7 Å². The Kier molecular flexibility index (Phi) is 4.18. The van der Waals surface area contributed by atoms with Crippen LogP contribution < -0.4 is 5.32 Å². The maximum Gasteiger partial charge on any atom is 0.243 e. The zero-order chi connectivity index (χ0) is 15.6. The fourth-order valence-electron chi connectivity index (χ4n) is 2.74. The summed E-state index contributed by atoms with van der Waals surface area (Å²) in [4.78, 5) is 0.382. The molecule has 1 aliphatic heterocycles.